The van der Waals surface area contributed by atoms with Crippen LogP contribution in [0.2, 0.25) is 0 Å². The lowest BCUT2D eigenvalue weighted by Crippen LogP contribution is -2.54. The minimum atomic E-state index is -0.578. The minimum absolute atomic E-state index is 0.0637. The van der Waals surface area contributed by atoms with Crippen LogP contribution in [0.4, 0.5) is 5.82 Å². The number of hydrogen-bond acceptors (Lipinski definition) is 9. The summed E-state index contributed by atoms with van der Waals surface area (Å²) in [5.74, 6) is 1.12. The van der Waals surface area contributed by atoms with Crippen molar-refractivity contribution in [3.05, 3.63) is 83.1 Å². The van der Waals surface area contributed by atoms with Gasteiger partial charge >= 0.3 is 5.69 Å². The molecule has 2 aromatic heterocycles. The number of benzene rings is 2. The fourth-order valence-electron chi connectivity index (χ4n) is 5.84. The molecule has 6 rings (SSSR count). The van der Waals surface area contributed by atoms with E-state index in [0.29, 0.717) is 54.5 Å². The van der Waals surface area contributed by atoms with Crippen LogP contribution in [0.5, 0.6) is 11.5 Å². The molecule has 1 atom stereocenters. The van der Waals surface area contributed by atoms with Gasteiger partial charge in [0.05, 0.1) is 31.0 Å². The summed E-state index contributed by atoms with van der Waals surface area (Å²) in [5, 5.41) is 13.3. The fraction of sp³-hybridized carbons (Fsp3) is 0.344. The number of fused-ring (bicyclic) bond motifs is 1. The van der Waals surface area contributed by atoms with Crippen molar-refractivity contribution < 1.29 is 14.3 Å². The highest BCUT2D eigenvalue weighted by atomic mass is 16.5. The Bertz CT molecular complexity index is 1800. The number of carbonyl (C=O) groups is 1. The van der Waals surface area contributed by atoms with Crippen LogP contribution in [0, 0.1) is 11.3 Å². The van der Waals surface area contributed by atoms with Crippen molar-refractivity contribution in [2.75, 3.05) is 25.5 Å². The zero-order valence-corrected chi connectivity index (χ0v) is 24.6. The second-order valence-corrected chi connectivity index (χ2v) is 11.6. The number of imidazole rings is 1. The number of nitrogens with two attached hydrogens (primary N) is 1. The number of likely N-dealkylation sites (tertiary alicyclic amines) is 1. The summed E-state index contributed by atoms with van der Waals surface area (Å²) in [4.78, 5) is 37.9. The van der Waals surface area contributed by atoms with Gasteiger partial charge in [-0.15, -0.1) is 0 Å². The van der Waals surface area contributed by atoms with E-state index in [1.807, 2.05) is 44.2 Å². The molecule has 0 spiro atoms. The standard InChI is InChI=1S/C32H34N8O4/c1-32(2,37-22-18-43-19-22)15-21(16-33)30(41)38-14-6-7-24(38)17-39-29-27(28(34)35-20-36-29)40(31(39)42)23-10-12-26(13-11-23)44-25-8-4-3-5-9-25/h3-5,8-13,15,20,22,24,37H,6-7,14,17-19H2,1-2H3,(H2,34,35,36). The Balaban J connectivity index is 1.28. The zero-order chi connectivity index (χ0) is 30.8. The van der Waals surface area contributed by atoms with Gasteiger partial charge in [0.2, 0.25) is 0 Å². The van der Waals surface area contributed by atoms with Crippen molar-refractivity contribution in [3.8, 4) is 23.3 Å². The summed E-state index contributed by atoms with van der Waals surface area (Å²) in [6, 6.07) is 18.5. The molecule has 226 valence electrons. The number of rotatable bonds is 9. The number of para-hydroxylation sites is 1. The molecular weight excluding hydrogens is 560 g/mol. The molecule has 2 aliphatic heterocycles. The highest BCUT2D eigenvalue weighted by Crippen LogP contribution is 2.27. The molecule has 0 bridgehead atoms. The number of nitriles is 1. The van der Waals surface area contributed by atoms with Crippen LogP contribution in [-0.2, 0) is 16.1 Å². The van der Waals surface area contributed by atoms with E-state index in [1.165, 1.54) is 15.5 Å². The van der Waals surface area contributed by atoms with Gasteiger partial charge < -0.3 is 25.4 Å². The second-order valence-electron chi connectivity index (χ2n) is 11.6. The third-order valence-corrected chi connectivity index (χ3v) is 7.91. The third kappa shape index (κ3) is 5.79. The van der Waals surface area contributed by atoms with Crippen molar-refractivity contribution >= 4 is 22.9 Å². The normalized spacial score (nSPS) is 17.4. The summed E-state index contributed by atoms with van der Waals surface area (Å²) in [6.45, 7) is 5.74. The van der Waals surface area contributed by atoms with Crippen molar-refractivity contribution in [1.82, 2.24) is 29.3 Å². The molecule has 0 aliphatic carbocycles. The van der Waals surface area contributed by atoms with E-state index in [9.17, 15) is 14.9 Å². The first kappa shape index (κ1) is 29.1. The fourth-order valence-corrected chi connectivity index (χ4v) is 5.84. The van der Waals surface area contributed by atoms with Gasteiger partial charge in [0, 0.05) is 18.6 Å². The van der Waals surface area contributed by atoms with Gasteiger partial charge in [-0.1, -0.05) is 18.2 Å². The first-order valence-electron chi connectivity index (χ1n) is 14.6. The van der Waals surface area contributed by atoms with Crippen molar-refractivity contribution in [1.29, 1.82) is 5.26 Å². The van der Waals surface area contributed by atoms with Gasteiger partial charge in [-0.3, -0.25) is 13.9 Å². The predicted molar refractivity (Wildman–Crippen MR) is 164 cm³/mol. The lowest BCUT2D eigenvalue weighted by molar-refractivity contribution is -0.127. The molecule has 2 aromatic carbocycles. The van der Waals surface area contributed by atoms with Crippen LogP contribution >= 0.6 is 0 Å². The number of nitrogens with zero attached hydrogens (tertiary/aromatic N) is 6. The number of aromatic nitrogens is 4. The molecule has 1 unspecified atom stereocenters. The molecule has 12 heteroatoms. The minimum Gasteiger partial charge on any atom is -0.457 e. The van der Waals surface area contributed by atoms with Crippen LogP contribution in [0.3, 0.4) is 0 Å². The van der Waals surface area contributed by atoms with Crippen LogP contribution in [0.25, 0.3) is 16.9 Å². The van der Waals surface area contributed by atoms with Crippen molar-refractivity contribution in [3.63, 3.8) is 0 Å². The number of nitrogen functional groups attached to an aromatic ring is 1. The number of hydrogen-bond donors (Lipinski definition) is 2. The number of carbonyl (C=O) groups excluding carboxylic acids is 1. The molecule has 1 amide bonds. The van der Waals surface area contributed by atoms with Gasteiger partial charge in [-0.2, -0.15) is 5.26 Å². The Morgan fingerprint density at radius 2 is 1.89 bits per heavy atom. The predicted octanol–water partition coefficient (Wildman–Crippen LogP) is 3.16. The Kier molecular flexibility index (Phi) is 7.90. The molecule has 2 aliphatic rings. The third-order valence-electron chi connectivity index (χ3n) is 7.91. The highest BCUT2D eigenvalue weighted by Gasteiger charge is 2.34. The highest BCUT2D eigenvalue weighted by molar-refractivity contribution is 5.97. The summed E-state index contributed by atoms with van der Waals surface area (Å²) in [7, 11) is 0. The summed E-state index contributed by atoms with van der Waals surface area (Å²) in [6.07, 6.45) is 4.44. The lowest BCUT2D eigenvalue weighted by atomic mass is 9.98. The maximum atomic E-state index is 14.0. The number of nitrogens with one attached hydrogen (secondary N) is 1. The summed E-state index contributed by atoms with van der Waals surface area (Å²) < 4.78 is 14.2. The Morgan fingerprint density at radius 1 is 1.16 bits per heavy atom. The van der Waals surface area contributed by atoms with Gasteiger partial charge in [0.25, 0.3) is 5.91 Å². The van der Waals surface area contributed by atoms with E-state index < -0.39 is 5.54 Å². The molecule has 0 saturated carbocycles. The Labute approximate surface area is 254 Å². The average Bonchev–Trinajstić information content (AvgIpc) is 3.58. The topological polar surface area (TPSA) is 153 Å². The van der Waals surface area contributed by atoms with E-state index in [2.05, 4.69) is 21.4 Å². The zero-order valence-electron chi connectivity index (χ0n) is 24.6. The molecular formula is C32H34N8O4. The van der Waals surface area contributed by atoms with E-state index >= 15 is 0 Å². The first-order valence-corrected chi connectivity index (χ1v) is 14.6. The number of ether oxygens (including phenoxy) is 2. The largest absolute Gasteiger partial charge is 0.457 e. The summed E-state index contributed by atoms with van der Waals surface area (Å²) >= 11 is 0. The average molecular weight is 595 g/mol. The smallest absolute Gasteiger partial charge is 0.335 e. The molecule has 2 fully saturated rings. The Hall–Kier alpha value is -4.99. The molecule has 2 saturated heterocycles. The second kappa shape index (κ2) is 11.9. The SMILES string of the molecule is CC(C)(C=C(C#N)C(=O)N1CCCC1Cn1c(=O)n(-c2ccc(Oc3ccccc3)cc2)c2c(N)ncnc21)NC1COC1. The molecule has 12 nitrogen and oxygen atoms in total. The quantitative estimate of drug-likeness (QED) is 0.220. The number of amides is 1. The van der Waals surface area contributed by atoms with Gasteiger partial charge in [0.1, 0.15) is 35.0 Å². The van der Waals surface area contributed by atoms with Crippen LogP contribution in [0.15, 0.2) is 77.4 Å². The van der Waals surface area contributed by atoms with Crippen LogP contribution < -0.4 is 21.5 Å². The monoisotopic (exact) mass is 594 g/mol. The summed E-state index contributed by atoms with van der Waals surface area (Å²) in [5.41, 5.74) is 6.74. The molecule has 4 aromatic rings. The molecule has 0 radical (unpaired) electrons. The van der Waals surface area contributed by atoms with Crippen molar-refractivity contribution in [2.24, 2.45) is 0 Å². The van der Waals surface area contributed by atoms with Crippen LogP contribution in [-0.4, -0.2) is 67.3 Å². The van der Waals surface area contributed by atoms with Gasteiger partial charge in [-0.05, 0) is 69.2 Å². The molecule has 4 heterocycles. The lowest BCUT2D eigenvalue weighted by Gasteiger charge is -2.35. The van der Waals surface area contributed by atoms with E-state index in [-0.39, 0.29) is 41.6 Å². The number of anilines is 1. The molecule has 44 heavy (non-hydrogen) atoms. The van der Waals surface area contributed by atoms with Gasteiger partial charge in [-0.25, -0.2) is 14.8 Å². The van der Waals surface area contributed by atoms with Crippen molar-refractivity contribution in [2.45, 2.75) is 50.9 Å². The van der Waals surface area contributed by atoms with E-state index in [4.69, 9.17) is 15.2 Å². The van der Waals surface area contributed by atoms with E-state index in [1.54, 1.807) is 35.2 Å². The van der Waals surface area contributed by atoms with E-state index in [0.717, 1.165) is 6.42 Å². The Morgan fingerprint density at radius 3 is 2.57 bits per heavy atom. The maximum absolute atomic E-state index is 14.0. The first-order chi connectivity index (χ1) is 21.2. The maximum Gasteiger partial charge on any atom is 0.335 e. The molecule has 3 N–H and O–H groups in total. The van der Waals surface area contributed by atoms with Gasteiger partial charge in [0.15, 0.2) is 11.5 Å². The van der Waals surface area contributed by atoms with Crippen LogP contribution in [0.1, 0.15) is 26.7 Å².